The van der Waals surface area contributed by atoms with Gasteiger partial charge in [-0.25, -0.2) is 9.97 Å². The topological polar surface area (TPSA) is 52.8 Å². The van der Waals surface area contributed by atoms with Gasteiger partial charge in [-0.15, -0.1) is 0 Å². The lowest BCUT2D eigenvalue weighted by atomic mass is 10.2. The summed E-state index contributed by atoms with van der Waals surface area (Å²) in [4.78, 5) is 10.4. The second kappa shape index (κ2) is 5.61. The van der Waals surface area contributed by atoms with Gasteiger partial charge in [0, 0.05) is 30.5 Å². The minimum Gasteiger partial charge on any atom is -0.314 e. The van der Waals surface area contributed by atoms with Crippen molar-refractivity contribution in [3.8, 4) is 6.07 Å². The lowest BCUT2D eigenvalue weighted by Crippen LogP contribution is -2.13. The molecule has 2 rings (SSSR count). The molecule has 1 heterocycles. The highest BCUT2D eigenvalue weighted by atomic mass is 79.9. The van der Waals surface area contributed by atoms with Crippen LogP contribution in [0, 0.1) is 11.3 Å². The molecule has 1 aromatic carbocycles. The van der Waals surface area contributed by atoms with E-state index in [2.05, 4.69) is 32.0 Å². The molecule has 0 unspecified atom stereocenters. The van der Waals surface area contributed by atoms with Gasteiger partial charge in [0.25, 0.3) is 0 Å². The van der Waals surface area contributed by atoms with Crippen LogP contribution < -0.4 is 4.90 Å². The van der Waals surface area contributed by atoms with Crippen molar-refractivity contribution in [1.29, 1.82) is 5.26 Å². The third-order valence-corrected chi connectivity index (χ3v) is 3.16. The fourth-order valence-electron chi connectivity index (χ4n) is 1.49. The quantitative estimate of drug-likeness (QED) is 0.818. The molecule has 4 nitrogen and oxygen atoms in total. The first kappa shape index (κ1) is 12.5. The SMILES string of the molecule is CN(c1cccc(C#N)c1)c1ncc(CBr)cn1. The summed E-state index contributed by atoms with van der Waals surface area (Å²) in [6.45, 7) is 0. The maximum Gasteiger partial charge on any atom is 0.229 e. The van der Waals surface area contributed by atoms with Crippen molar-refractivity contribution in [3.05, 3.63) is 47.8 Å². The molecule has 0 spiro atoms. The molecule has 0 amide bonds. The third-order valence-electron chi connectivity index (χ3n) is 2.51. The molecule has 1 aromatic heterocycles. The Bertz CT molecular complexity index is 574. The maximum absolute atomic E-state index is 8.88. The van der Waals surface area contributed by atoms with E-state index < -0.39 is 0 Å². The molecule has 0 atom stereocenters. The van der Waals surface area contributed by atoms with E-state index in [-0.39, 0.29) is 0 Å². The van der Waals surface area contributed by atoms with E-state index in [1.54, 1.807) is 18.5 Å². The predicted octanol–water partition coefficient (Wildman–Crippen LogP) is 3.01. The Balaban J connectivity index is 2.29. The molecular formula is C13H11BrN4. The highest BCUT2D eigenvalue weighted by molar-refractivity contribution is 9.08. The molecule has 18 heavy (non-hydrogen) atoms. The Morgan fingerprint density at radius 3 is 2.67 bits per heavy atom. The number of hydrogen-bond donors (Lipinski definition) is 0. The summed E-state index contributed by atoms with van der Waals surface area (Å²) in [5.41, 5.74) is 2.54. The molecule has 0 N–H and O–H groups in total. The zero-order valence-corrected chi connectivity index (χ0v) is 11.4. The van der Waals surface area contributed by atoms with Crippen molar-refractivity contribution in [2.24, 2.45) is 0 Å². The Hall–Kier alpha value is -1.93. The smallest absolute Gasteiger partial charge is 0.229 e. The van der Waals surface area contributed by atoms with Gasteiger partial charge in [0.2, 0.25) is 5.95 Å². The van der Waals surface area contributed by atoms with Crippen molar-refractivity contribution in [3.63, 3.8) is 0 Å². The Morgan fingerprint density at radius 1 is 1.33 bits per heavy atom. The predicted molar refractivity (Wildman–Crippen MR) is 73.9 cm³/mol. The monoisotopic (exact) mass is 302 g/mol. The lowest BCUT2D eigenvalue weighted by molar-refractivity contribution is 1.03. The standard InChI is InChI=1S/C13H11BrN4/c1-18(12-4-2-3-10(5-12)7-15)13-16-8-11(6-14)9-17-13/h2-5,8-9H,6H2,1H3. The number of halogens is 1. The van der Waals surface area contributed by atoms with Crippen molar-refractivity contribution < 1.29 is 0 Å². The van der Waals surface area contributed by atoms with Crippen LogP contribution in [-0.4, -0.2) is 17.0 Å². The van der Waals surface area contributed by atoms with E-state index in [0.29, 0.717) is 11.5 Å². The zero-order chi connectivity index (χ0) is 13.0. The van der Waals surface area contributed by atoms with Crippen LogP contribution in [0.5, 0.6) is 0 Å². The number of nitriles is 1. The van der Waals surface area contributed by atoms with E-state index in [4.69, 9.17) is 5.26 Å². The summed E-state index contributed by atoms with van der Waals surface area (Å²) >= 11 is 3.35. The van der Waals surface area contributed by atoms with E-state index in [1.165, 1.54) is 0 Å². The van der Waals surface area contributed by atoms with Crippen LogP contribution in [-0.2, 0) is 5.33 Å². The summed E-state index contributed by atoms with van der Waals surface area (Å²) in [5.74, 6) is 0.606. The van der Waals surface area contributed by atoms with E-state index in [1.807, 2.05) is 30.1 Å². The molecular weight excluding hydrogens is 292 g/mol. The zero-order valence-electron chi connectivity index (χ0n) is 9.84. The van der Waals surface area contributed by atoms with Crippen LogP contribution in [0.3, 0.4) is 0 Å². The van der Waals surface area contributed by atoms with E-state index in [9.17, 15) is 0 Å². The number of benzene rings is 1. The van der Waals surface area contributed by atoms with Gasteiger partial charge < -0.3 is 4.90 Å². The second-order valence-electron chi connectivity index (χ2n) is 3.75. The molecule has 0 aliphatic carbocycles. The van der Waals surface area contributed by atoms with E-state index in [0.717, 1.165) is 16.6 Å². The second-order valence-corrected chi connectivity index (χ2v) is 4.31. The van der Waals surface area contributed by atoms with Gasteiger partial charge in [-0.2, -0.15) is 5.26 Å². The van der Waals surface area contributed by atoms with Crippen molar-refractivity contribution in [1.82, 2.24) is 9.97 Å². The van der Waals surface area contributed by atoms with Gasteiger partial charge in [-0.1, -0.05) is 22.0 Å². The average molecular weight is 303 g/mol. The largest absolute Gasteiger partial charge is 0.314 e. The van der Waals surface area contributed by atoms with Gasteiger partial charge >= 0.3 is 0 Å². The van der Waals surface area contributed by atoms with Crippen LogP contribution in [0.4, 0.5) is 11.6 Å². The summed E-state index contributed by atoms with van der Waals surface area (Å²) in [6.07, 6.45) is 3.56. The first-order valence-corrected chi connectivity index (χ1v) is 6.47. The number of anilines is 2. The van der Waals surface area contributed by atoms with Crippen LogP contribution in [0.1, 0.15) is 11.1 Å². The van der Waals surface area contributed by atoms with Gasteiger partial charge in [0.15, 0.2) is 0 Å². The number of nitrogens with zero attached hydrogens (tertiary/aromatic N) is 4. The van der Waals surface area contributed by atoms with Crippen molar-refractivity contribution in [2.45, 2.75) is 5.33 Å². The molecule has 0 fully saturated rings. The van der Waals surface area contributed by atoms with Gasteiger partial charge in [-0.3, -0.25) is 0 Å². The molecule has 0 radical (unpaired) electrons. The first-order valence-electron chi connectivity index (χ1n) is 5.35. The summed E-state index contributed by atoms with van der Waals surface area (Å²) in [5, 5.41) is 9.61. The van der Waals surface area contributed by atoms with Gasteiger partial charge in [0.1, 0.15) is 0 Å². The fourth-order valence-corrected chi connectivity index (χ4v) is 1.78. The Morgan fingerprint density at radius 2 is 2.06 bits per heavy atom. The van der Waals surface area contributed by atoms with Crippen molar-refractivity contribution >= 4 is 27.6 Å². The van der Waals surface area contributed by atoms with Gasteiger partial charge in [0.05, 0.1) is 11.6 Å². The highest BCUT2D eigenvalue weighted by Crippen LogP contribution is 2.20. The minimum atomic E-state index is 0.606. The summed E-state index contributed by atoms with van der Waals surface area (Å²) in [7, 11) is 1.87. The lowest BCUT2D eigenvalue weighted by Gasteiger charge is -2.17. The number of hydrogen-bond acceptors (Lipinski definition) is 4. The first-order chi connectivity index (χ1) is 8.74. The third kappa shape index (κ3) is 2.66. The molecule has 5 heteroatoms. The number of rotatable bonds is 3. The molecule has 0 aliphatic heterocycles. The van der Waals surface area contributed by atoms with Crippen LogP contribution in [0.2, 0.25) is 0 Å². The van der Waals surface area contributed by atoms with Gasteiger partial charge in [-0.05, 0) is 23.8 Å². The molecule has 90 valence electrons. The summed E-state index contributed by atoms with van der Waals surface area (Å²) in [6, 6.07) is 9.46. The molecule has 0 saturated heterocycles. The highest BCUT2D eigenvalue weighted by Gasteiger charge is 2.07. The van der Waals surface area contributed by atoms with Crippen LogP contribution in [0.25, 0.3) is 0 Å². The molecule has 0 aliphatic rings. The average Bonchev–Trinajstić information content (AvgIpc) is 2.46. The Kier molecular flexibility index (Phi) is 3.90. The Labute approximate surface area is 114 Å². The van der Waals surface area contributed by atoms with Crippen molar-refractivity contribution in [2.75, 3.05) is 11.9 Å². The van der Waals surface area contributed by atoms with Crippen LogP contribution >= 0.6 is 15.9 Å². The van der Waals surface area contributed by atoms with E-state index >= 15 is 0 Å². The number of aromatic nitrogens is 2. The normalized spacial score (nSPS) is 9.83. The molecule has 0 saturated carbocycles. The molecule has 0 bridgehead atoms. The van der Waals surface area contributed by atoms with Crippen LogP contribution in [0.15, 0.2) is 36.7 Å². The minimum absolute atomic E-state index is 0.606. The summed E-state index contributed by atoms with van der Waals surface area (Å²) < 4.78 is 0. The fraction of sp³-hybridized carbons (Fsp3) is 0.154. The molecule has 2 aromatic rings. The maximum atomic E-state index is 8.88. The number of alkyl halides is 1.